The summed E-state index contributed by atoms with van der Waals surface area (Å²) in [5, 5.41) is 38.2. The van der Waals surface area contributed by atoms with Crippen LogP contribution in [-0.4, -0.2) is 37.4 Å². The van der Waals surface area contributed by atoms with Crippen molar-refractivity contribution in [3.05, 3.63) is 30.3 Å². The summed E-state index contributed by atoms with van der Waals surface area (Å²) in [7, 11) is 0. The fourth-order valence-electron chi connectivity index (χ4n) is 0.598. The molecule has 1 amide bonds. The highest BCUT2D eigenvalue weighted by molar-refractivity contribution is 5.99. The van der Waals surface area contributed by atoms with Crippen molar-refractivity contribution in [1.82, 2.24) is 0 Å². The Morgan fingerprint density at radius 1 is 1.00 bits per heavy atom. The van der Waals surface area contributed by atoms with E-state index in [2.05, 4.69) is 0 Å². The first-order valence-corrected chi connectivity index (χ1v) is 2.90. The summed E-state index contributed by atoms with van der Waals surface area (Å²) < 4.78 is 0. The Kier molecular flexibility index (Phi) is 2.97. The van der Waals surface area contributed by atoms with Crippen LogP contribution in [0, 0.1) is 30.3 Å². The monoisotopic (exact) mass is 223 g/mol. The molecular weight excluding hydrogens is 222 g/mol. The lowest BCUT2D eigenvalue weighted by atomic mass is 10.2. The average molecular weight is 223 g/mol. The second kappa shape index (κ2) is 3.60. The molecule has 0 aromatic carbocycles. The van der Waals surface area contributed by atoms with E-state index < -0.39 is 32.3 Å². The maximum atomic E-state index is 10.5. The molecule has 0 aliphatic carbocycles. The first kappa shape index (κ1) is 12.3. The fourth-order valence-corrected chi connectivity index (χ4v) is 0.598. The van der Waals surface area contributed by atoms with Crippen LogP contribution in [0.5, 0.6) is 0 Å². The smallest absolute Gasteiger partial charge is 0.470 e. The van der Waals surface area contributed by atoms with E-state index in [0.29, 0.717) is 0 Å². The third kappa shape index (κ3) is 1.54. The molecule has 0 fully saturated rings. The molecule has 0 aliphatic rings. The number of carboxylic acids is 1. The van der Waals surface area contributed by atoms with Crippen LogP contribution in [0.15, 0.2) is 0 Å². The van der Waals surface area contributed by atoms with E-state index in [1.165, 1.54) is 0 Å². The van der Waals surface area contributed by atoms with Gasteiger partial charge in [-0.1, -0.05) is 0 Å². The van der Waals surface area contributed by atoms with Crippen LogP contribution in [0.2, 0.25) is 0 Å². The van der Waals surface area contributed by atoms with Gasteiger partial charge in [0.2, 0.25) is 0 Å². The van der Waals surface area contributed by atoms with E-state index >= 15 is 0 Å². The van der Waals surface area contributed by atoms with Crippen molar-refractivity contribution in [3.8, 4) is 0 Å². The molecule has 0 saturated carbocycles. The molecule has 0 rings (SSSR count). The third-order valence-electron chi connectivity index (χ3n) is 1.29. The maximum absolute atomic E-state index is 10.5. The number of hydrogen-bond donors (Lipinski definition) is 1. The molecular formula is C3HN3O9. The molecule has 0 spiro atoms. The lowest BCUT2D eigenvalue weighted by Gasteiger charge is -2.05. The summed E-state index contributed by atoms with van der Waals surface area (Å²) in [6.45, 7) is 0. The minimum absolute atomic E-state index is 2.03. The molecule has 0 aromatic heterocycles. The second-order valence-electron chi connectivity index (χ2n) is 2.05. The van der Waals surface area contributed by atoms with E-state index in [4.69, 9.17) is 5.11 Å². The van der Waals surface area contributed by atoms with Gasteiger partial charge in [0.15, 0.2) is 0 Å². The van der Waals surface area contributed by atoms with Gasteiger partial charge in [-0.25, -0.2) is 4.79 Å². The van der Waals surface area contributed by atoms with E-state index in [1.807, 2.05) is 0 Å². The zero-order valence-electron chi connectivity index (χ0n) is 6.55. The first-order chi connectivity index (χ1) is 6.68. The minimum atomic E-state index is -4.50. The lowest BCUT2D eigenvalue weighted by molar-refractivity contribution is -0.768. The molecule has 15 heavy (non-hydrogen) atoms. The zero-order chi connectivity index (χ0) is 12.4. The van der Waals surface area contributed by atoms with Gasteiger partial charge in [0, 0.05) is 0 Å². The fraction of sp³-hybridized carbons (Fsp3) is 0.333. The second-order valence-corrected chi connectivity index (χ2v) is 2.05. The quantitative estimate of drug-likeness (QED) is 0.246. The van der Waals surface area contributed by atoms with Crippen LogP contribution in [0.25, 0.3) is 0 Å². The number of carbonyl (C=O) groups is 2. The summed E-state index contributed by atoms with van der Waals surface area (Å²) >= 11 is 0. The van der Waals surface area contributed by atoms with Crippen LogP contribution in [0.1, 0.15) is 0 Å². The number of carbonyl (C=O) groups excluding carboxylic acids is 1. The lowest BCUT2D eigenvalue weighted by Crippen LogP contribution is -2.61. The standard InChI is InChI=1S/C3HN3O9/c7-1(4(10)11)3(2(8)9,5(12)13)6(14)15/h(H,8,9). The number of rotatable bonds is 4. The van der Waals surface area contributed by atoms with Gasteiger partial charge in [0.25, 0.3) is 0 Å². The van der Waals surface area contributed by atoms with Crippen molar-refractivity contribution in [2.45, 2.75) is 5.66 Å². The Balaban J connectivity index is 5.87. The average Bonchev–Trinajstić information content (AvgIpc) is 2.02. The third-order valence-corrected chi connectivity index (χ3v) is 1.29. The molecule has 0 bridgehead atoms. The van der Waals surface area contributed by atoms with Gasteiger partial charge in [-0.3, -0.25) is 30.3 Å². The number of hydrogen-bond acceptors (Lipinski definition) is 8. The Morgan fingerprint density at radius 3 is 1.40 bits per heavy atom. The van der Waals surface area contributed by atoms with Crippen molar-refractivity contribution in [3.63, 3.8) is 0 Å². The van der Waals surface area contributed by atoms with Crippen molar-refractivity contribution in [2.24, 2.45) is 0 Å². The van der Waals surface area contributed by atoms with Crippen molar-refractivity contribution < 1.29 is 29.5 Å². The van der Waals surface area contributed by atoms with E-state index in [9.17, 15) is 39.9 Å². The van der Waals surface area contributed by atoms with Crippen LogP contribution >= 0.6 is 0 Å². The molecule has 0 radical (unpaired) electrons. The largest absolute Gasteiger partial charge is 0.682 e. The molecule has 0 aliphatic heterocycles. The van der Waals surface area contributed by atoms with Crippen LogP contribution in [0.3, 0.4) is 0 Å². The molecule has 12 heteroatoms. The summed E-state index contributed by atoms with van der Waals surface area (Å²) in [6, 6.07) is 0. The minimum Gasteiger partial charge on any atom is -0.470 e. The van der Waals surface area contributed by atoms with Gasteiger partial charge in [-0.15, -0.1) is 0 Å². The maximum Gasteiger partial charge on any atom is 0.682 e. The van der Waals surface area contributed by atoms with Crippen molar-refractivity contribution >= 4 is 11.9 Å². The first-order valence-electron chi connectivity index (χ1n) is 2.90. The van der Waals surface area contributed by atoms with Gasteiger partial charge in [-0.2, -0.15) is 4.79 Å². The van der Waals surface area contributed by atoms with Crippen molar-refractivity contribution in [2.75, 3.05) is 0 Å². The molecule has 12 nitrogen and oxygen atoms in total. The Bertz CT molecular complexity index is 335. The predicted octanol–water partition coefficient (Wildman–Crippen LogP) is -1.88. The summed E-state index contributed by atoms with van der Waals surface area (Å²) in [4.78, 5) is 44.5. The van der Waals surface area contributed by atoms with E-state index in [0.717, 1.165) is 0 Å². The number of aliphatic carboxylic acids is 1. The van der Waals surface area contributed by atoms with Gasteiger partial charge in [-0.05, 0) is 0 Å². The van der Waals surface area contributed by atoms with Crippen LogP contribution in [0.4, 0.5) is 0 Å². The molecule has 0 atom stereocenters. The van der Waals surface area contributed by atoms with E-state index in [1.54, 1.807) is 0 Å². The summed E-state index contributed by atoms with van der Waals surface area (Å²) in [5.74, 6) is -5.68. The molecule has 0 unspecified atom stereocenters. The highest BCUT2D eigenvalue weighted by Crippen LogP contribution is 2.13. The van der Waals surface area contributed by atoms with Crippen LogP contribution < -0.4 is 0 Å². The summed E-state index contributed by atoms with van der Waals surface area (Å²) in [5.41, 5.74) is -4.50. The Hall–Kier alpha value is -2.66. The molecule has 0 heterocycles. The normalized spacial score (nSPS) is 10.4. The highest BCUT2D eigenvalue weighted by atomic mass is 16.7. The highest BCUT2D eigenvalue weighted by Gasteiger charge is 2.80. The zero-order valence-corrected chi connectivity index (χ0v) is 6.55. The SMILES string of the molecule is O=C(O)C(C(=O)[N+](=O)[O-])([N+](=O)[O-])[N+](=O)[O-]. The molecule has 0 saturated heterocycles. The predicted molar refractivity (Wildman–Crippen MR) is 36.4 cm³/mol. The Labute approximate surface area is 78.5 Å². The molecule has 82 valence electrons. The van der Waals surface area contributed by atoms with E-state index in [-0.39, 0.29) is 0 Å². The topological polar surface area (TPSA) is 184 Å². The number of nitro groups is 3. The number of carboxylic acid groups (broad SMARTS) is 1. The van der Waals surface area contributed by atoms with Gasteiger partial charge < -0.3 is 5.11 Å². The number of amides is 1. The molecule has 0 aromatic rings. The van der Waals surface area contributed by atoms with Crippen molar-refractivity contribution in [1.29, 1.82) is 0 Å². The van der Waals surface area contributed by atoms with Gasteiger partial charge >= 0.3 is 17.5 Å². The van der Waals surface area contributed by atoms with Crippen LogP contribution in [-0.2, 0) is 9.59 Å². The Morgan fingerprint density at radius 2 is 1.33 bits per heavy atom. The van der Waals surface area contributed by atoms with Gasteiger partial charge in [0.1, 0.15) is 14.8 Å². The van der Waals surface area contributed by atoms with Gasteiger partial charge in [0.05, 0.1) is 0 Å². The summed E-state index contributed by atoms with van der Waals surface area (Å²) in [6.07, 6.45) is 0. The number of nitrogens with zero attached hydrogens (tertiary/aromatic N) is 3. The molecule has 1 N–H and O–H groups in total.